The van der Waals surface area contributed by atoms with Crippen molar-refractivity contribution in [3.8, 4) is 5.75 Å². The van der Waals surface area contributed by atoms with Gasteiger partial charge in [-0.25, -0.2) is 0 Å². The average Bonchev–Trinajstić information content (AvgIpc) is 2.89. The quantitative estimate of drug-likeness (QED) is 0.211. The molecule has 0 saturated heterocycles. The minimum atomic E-state index is -0.0108. The molecule has 0 aliphatic rings. The highest BCUT2D eigenvalue weighted by atomic mass is 16.3. The van der Waals surface area contributed by atoms with Gasteiger partial charge >= 0.3 is 0 Å². The zero-order valence-electron chi connectivity index (χ0n) is 21.1. The van der Waals surface area contributed by atoms with Gasteiger partial charge in [0.1, 0.15) is 5.75 Å². The van der Waals surface area contributed by atoms with E-state index in [9.17, 15) is 5.11 Å². The van der Waals surface area contributed by atoms with Crippen LogP contribution < -0.4 is 10.6 Å². The van der Waals surface area contributed by atoms with Crippen molar-refractivity contribution in [2.75, 3.05) is 0 Å². The van der Waals surface area contributed by atoms with Crippen molar-refractivity contribution in [1.29, 1.82) is 0 Å². The Hall–Kier alpha value is -3.14. The molecule has 0 unspecified atom stereocenters. The first-order valence-corrected chi connectivity index (χ1v) is 12.9. The Bertz CT molecular complexity index is 1190. The van der Waals surface area contributed by atoms with E-state index in [1.54, 1.807) is 0 Å². The zero-order chi connectivity index (χ0) is 24.6. The fourth-order valence-corrected chi connectivity index (χ4v) is 5.15. The summed E-state index contributed by atoms with van der Waals surface area (Å²) in [6.07, 6.45) is 3.05. The van der Waals surface area contributed by atoms with Gasteiger partial charge in [-0.15, -0.1) is 0 Å². The van der Waals surface area contributed by atoms with Gasteiger partial charge in [-0.05, 0) is 54.7 Å². The lowest BCUT2D eigenvalue weighted by molar-refractivity contribution is 0.334. The molecule has 3 N–H and O–H groups in total. The molecule has 4 aromatic carbocycles. The lowest BCUT2D eigenvalue weighted by atomic mass is 9.90. The first-order chi connectivity index (χ1) is 17.1. The van der Waals surface area contributed by atoms with Gasteiger partial charge in [-0.1, -0.05) is 104 Å². The number of phenols is 1. The standard InChI is InChI=1S/C32H38N2O/c1-4-13-28(33-23(2)25-14-7-5-8-15-25)22-30(34-24(3)26-16-9-6-10-17-26)32-29-19-12-11-18-27(29)20-21-31(32)35/h5-12,14-21,23-24,28,30,33-35H,4,13,22H2,1-3H3/t23-,24-,28+,30-/m1/s1. The summed E-state index contributed by atoms with van der Waals surface area (Å²) >= 11 is 0. The first kappa shape index (κ1) is 25.0. The van der Waals surface area contributed by atoms with Crippen molar-refractivity contribution in [1.82, 2.24) is 10.6 Å². The summed E-state index contributed by atoms with van der Waals surface area (Å²) in [7, 11) is 0. The van der Waals surface area contributed by atoms with Gasteiger partial charge < -0.3 is 15.7 Å². The molecule has 0 bridgehead atoms. The molecule has 3 heteroatoms. The molecule has 0 spiro atoms. The summed E-state index contributed by atoms with van der Waals surface area (Å²) in [5.74, 6) is 0.354. The molecule has 4 aromatic rings. The second-order valence-corrected chi connectivity index (χ2v) is 9.59. The van der Waals surface area contributed by atoms with E-state index < -0.39 is 0 Å². The van der Waals surface area contributed by atoms with Crippen LogP contribution in [0.2, 0.25) is 0 Å². The maximum absolute atomic E-state index is 11.1. The number of rotatable bonds is 11. The summed E-state index contributed by atoms with van der Waals surface area (Å²) in [4.78, 5) is 0. The SMILES string of the molecule is CCC[C@@H](C[C@@H](N[C@H](C)c1ccccc1)c1c(O)ccc2ccccc12)N[C@H](C)c1ccccc1. The lowest BCUT2D eigenvalue weighted by Crippen LogP contribution is -2.36. The number of hydrogen-bond donors (Lipinski definition) is 3. The van der Waals surface area contributed by atoms with Gasteiger partial charge in [0.15, 0.2) is 0 Å². The van der Waals surface area contributed by atoms with E-state index in [1.165, 1.54) is 11.1 Å². The van der Waals surface area contributed by atoms with Gasteiger partial charge in [0.05, 0.1) is 0 Å². The Balaban J connectivity index is 1.67. The van der Waals surface area contributed by atoms with Gasteiger partial charge in [-0.2, -0.15) is 0 Å². The van der Waals surface area contributed by atoms with Gasteiger partial charge in [0.2, 0.25) is 0 Å². The number of fused-ring (bicyclic) bond motifs is 1. The summed E-state index contributed by atoms with van der Waals surface area (Å²) in [6.45, 7) is 6.69. The predicted octanol–water partition coefficient (Wildman–Crippen LogP) is 7.85. The zero-order valence-corrected chi connectivity index (χ0v) is 21.1. The van der Waals surface area contributed by atoms with Crippen LogP contribution in [-0.2, 0) is 0 Å². The smallest absolute Gasteiger partial charge is 0.120 e. The number of aromatic hydroxyl groups is 1. The normalized spacial score (nSPS) is 14.9. The first-order valence-electron chi connectivity index (χ1n) is 12.9. The van der Waals surface area contributed by atoms with Crippen molar-refractivity contribution in [3.63, 3.8) is 0 Å². The molecule has 0 heterocycles. The Labute approximate surface area is 210 Å². The van der Waals surface area contributed by atoms with E-state index in [0.717, 1.165) is 35.6 Å². The second kappa shape index (κ2) is 12.0. The largest absolute Gasteiger partial charge is 0.508 e. The molecule has 0 aliphatic carbocycles. The van der Waals surface area contributed by atoms with Crippen molar-refractivity contribution >= 4 is 10.8 Å². The lowest BCUT2D eigenvalue weighted by Gasteiger charge is -2.31. The topological polar surface area (TPSA) is 44.3 Å². The van der Waals surface area contributed by atoms with Crippen LogP contribution in [0.3, 0.4) is 0 Å². The maximum atomic E-state index is 11.1. The number of benzene rings is 4. The van der Waals surface area contributed by atoms with E-state index in [2.05, 4.69) is 116 Å². The third-order valence-corrected chi connectivity index (χ3v) is 6.99. The number of nitrogens with one attached hydrogen (secondary N) is 2. The number of phenolic OH excluding ortho intramolecular Hbond substituents is 1. The van der Waals surface area contributed by atoms with Crippen molar-refractivity contribution in [3.05, 3.63) is 114 Å². The van der Waals surface area contributed by atoms with Gasteiger partial charge in [-0.3, -0.25) is 0 Å². The minimum absolute atomic E-state index is 0.0108. The molecule has 35 heavy (non-hydrogen) atoms. The molecule has 0 aliphatic heterocycles. The highest BCUT2D eigenvalue weighted by Gasteiger charge is 2.25. The molecule has 182 valence electrons. The molecular weight excluding hydrogens is 428 g/mol. The highest BCUT2D eigenvalue weighted by Crippen LogP contribution is 2.36. The summed E-state index contributed by atoms with van der Waals surface area (Å²) in [5, 5.41) is 21.1. The molecule has 0 amide bonds. The van der Waals surface area contributed by atoms with Crippen LogP contribution in [0.15, 0.2) is 97.1 Å². The van der Waals surface area contributed by atoms with Crippen LogP contribution >= 0.6 is 0 Å². The second-order valence-electron chi connectivity index (χ2n) is 9.59. The third-order valence-electron chi connectivity index (χ3n) is 6.99. The molecule has 0 aromatic heterocycles. The van der Waals surface area contributed by atoms with E-state index in [1.807, 2.05) is 12.1 Å². The van der Waals surface area contributed by atoms with E-state index in [-0.39, 0.29) is 18.1 Å². The number of hydrogen-bond acceptors (Lipinski definition) is 3. The fraction of sp³-hybridized carbons (Fsp3) is 0.312. The highest BCUT2D eigenvalue weighted by molar-refractivity contribution is 5.88. The van der Waals surface area contributed by atoms with Gasteiger partial charge in [0.25, 0.3) is 0 Å². The van der Waals surface area contributed by atoms with E-state index >= 15 is 0 Å². The third kappa shape index (κ3) is 6.30. The molecule has 3 nitrogen and oxygen atoms in total. The molecular formula is C32H38N2O. The summed E-state index contributed by atoms with van der Waals surface area (Å²) < 4.78 is 0. The molecule has 0 saturated carbocycles. The van der Waals surface area contributed by atoms with E-state index in [0.29, 0.717) is 11.8 Å². The average molecular weight is 467 g/mol. The Morgan fingerprint density at radius 3 is 1.89 bits per heavy atom. The molecule has 0 fully saturated rings. The van der Waals surface area contributed by atoms with Crippen LogP contribution in [0.5, 0.6) is 5.75 Å². The van der Waals surface area contributed by atoms with Gasteiger partial charge in [0, 0.05) is 29.7 Å². The fourth-order valence-electron chi connectivity index (χ4n) is 5.15. The van der Waals surface area contributed by atoms with Crippen LogP contribution in [0.4, 0.5) is 0 Å². The van der Waals surface area contributed by atoms with Crippen LogP contribution in [-0.4, -0.2) is 11.1 Å². The minimum Gasteiger partial charge on any atom is -0.508 e. The monoisotopic (exact) mass is 466 g/mol. The molecule has 0 radical (unpaired) electrons. The van der Waals surface area contributed by atoms with E-state index in [4.69, 9.17) is 0 Å². The molecule has 4 atom stereocenters. The summed E-state index contributed by atoms with van der Waals surface area (Å²) in [6, 6.07) is 34.1. The molecule has 4 rings (SSSR count). The maximum Gasteiger partial charge on any atom is 0.120 e. The predicted molar refractivity (Wildman–Crippen MR) is 148 cm³/mol. The Kier molecular flexibility index (Phi) is 8.57. The summed E-state index contributed by atoms with van der Waals surface area (Å²) in [5.41, 5.74) is 3.53. The van der Waals surface area contributed by atoms with Crippen LogP contribution in [0.1, 0.15) is 74.8 Å². The van der Waals surface area contributed by atoms with Crippen molar-refractivity contribution < 1.29 is 5.11 Å². The van der Waals surface area contributed by atoms with Crippen LogP contribution in [0.25, 0.3) is 10.8 Å². The van der Waals surface area contributed by atoms with Crippen molar-refractivity contribution in [2.45, 2.75) is 64.2 Å². The Morgan fingerprint density at radius 1 is 0.686 bits per heavy atom. The van der Waals surface area contributed by atoms with Crippen molar-refractivity contribution in [2.24, 2.45) is 0 Å². The van der Waals surface area contributed by atoms with Crippen LogP contribution in [0, 0.1) is 0 Å². The Morgan fingerprint density at radius 2 is 1.26 bits per heavy atom.